The lowest BCUT2D eigenvalue weighted by Gasteiger charge is -2.29. The first kappa shape index (κ1) is 9.85. The summed E-state index contributed by atoms with van der Waals surface area (Å²) in [5.41, 5.74) is 3.15. The van der Waals surface area contributed by atoms with Crippen molar-refractivity contribution in [1.82, 2.24) is 5.43 Å². The summed E-state index contributed by atoms with van der Waals surface area (Å²) in [6.45, 7) is 0. The van der Waals surface area contributed by atoms with Gasteiger partial charge in [-0.05, 0) is 12.1 Å². The minimum absolute atomic E-state index is 0.712. The van der Waals surface area contributed by atoms with Gasteiger partial charge >= 0.3 is 5.97 Å². The number of para-hydroxylation sites is 1. The van der Waals surface area contributed by atoms with Crippen LogP contribution in [0.25, 0.3) is 0 Å². The number of rotatable bonds is 2. The minimum Gasteiger partial charge on any atom is -0.477 e. The van der Waals surface area contributed by atoms with Crippen molar-refractivity contribution in [3.05, 3.63) is 30.3 Å². The Morgan fingerprint density at radius 1 is 1.47 bits per heavy atom. The molecule has 1 aromatic carbocycles. The van der Waals surface area contributed by atoms with Crippen molar-refractivity contribution < 1.29 is 9.90 Å². The molecule has 1 atom stereocenters. The van der Waals surface area contributed by atoms with Crippen molar-refractivity contribution in [2.45, 2.75) is 4.99 Å². The van der Waals surface area contributed by atoms with E-state index in [0.29, 0.717) is 5.69 Å². The van der Waals surface area contributed by atoms with Crippen molar-refractivity contribution in [2.24, 2.45) is 5.10 Å². The summed E-state index contributed by atoms with van der Waals surface area (Å²) in [6, 6.07) is 9.06. The topological polar surface area (TPSA) is 64.9 Å². The number of hydrogen-bond donors (Lipinski definition) is 3. The number of benzene rings is 1. The molecule has 0 fully saturated rings. The van der Waals surface area contributed by atoms with Crippen molar-refractivity contribution in [3.8, 4) is 0 Å². The molecule has 0 bridgehead atoms. The highest BCUT2D eigenvalue weighted by Gasteiger charge is 2.44. The average molecular weight is 223 g/mol. The van der Waals surface area contributed by atoms with Crippen LogP contribution in [0.5, 0.6) is 0 Å². The molecule has 6 heteroatoms. The second kappa shape index (κ2) is 3.47. The third-order valence-corrected chi connectivity index (χ3v) is 2.58. The number of nitrogens with one attached hydrogen (secondary N) is 1. The summed E-state index contributed by atoms with van der Waals surface area (Å²) in [7, 11) is 0. The van der Waals surface area contributed by atoms with Gasteiger partial charge in [-0.1, -0.05) is 18.2 Å². The van der Waals surface area contributed by atoms with Gasteiger partial charge in [0.15, 0.2) is 0 Å². The van der Waals surface area contributed by atoms with Crippen LogP contribution in [-0.2, 0) is 4.79 Å². The molecule has 15 heavy (non-hydrogen) atoms. The van der Waals surface area contributed by atoms with E-state index in [1.165, 1.54) is 11.2 Å². The zero-order valence-corrected chi connectivity index (χ0v) is 8.56. The standard InChI is InChI=1S/C9H9N3O2S/c13-8(14)9(15)11-10-6-12(9)7-4-2-1-3-5-7/h1-6,11,15H,(H,13,14). The Hall–Kier alpha value is -1.69. The summed E-state index contributed by atoms with van der Waals surface area (Å²) >= 11 is 4.07. The van der Waals surface area contributed by atoms with Crippen LogP contribution in [0, 0.1) is 0 Å². The molecular formula is C9H9N3O2S. The van der Waals surface area contributed by atoms with Crippen LogP contribution >= 0.6 is 12.6 Å². The molecule has 2 rings (SSSR count). The molecule has 1 aromatic rings. The van der Waals surface area contributed by atoms with E-state index in [-0.39, 0.29) is 0 Å². The predicted octanol–water partition coefficient (Wildman–Crippen LogP) is 0.708. The smallest absolute Gasteiger partial charge is 0.363 e. The van der Waals surface area contributed by atoms with Crippen LogP contribution in [0.1, 0.15) is 0 Å². The van der Waals surface area contributed by atoms with E-state index >= 15 is 0 Å². The molecule has 2 N–H and O–H groups in total. The third-order valence-electron chi connectivity index (χ3n) is 2.07. The van der Waals surface area contributed by atoms with Gasteiger partial charge in [0, 0.05) is 5.69 Å². The summed E-state index contributed by atoms with van der Waals surface area (Å²) < 4.78 is 0. The van der Waals surface area contributed by atoms with Gasteiger partial charge in [-0.15, -0.1) is 12.6 Å². The SMILES string of the molecule is O=C(O)C1(S)NN=CN1c1ccccc1. The van der Waals surface area contributed by atoms with E-state index in [2.05, 4.69) is 23.2 Å². The molecule has 1 aliphatic heterocycles. The fraction of sp³-hybridized carbons (Fsp3) is 0.111. The van der Waals surface area contributed by atoms with Crippen LogP contribution in [-0.4, -0.2) is 22.4 Å². The number of nitrogens with zero attached hydrogens (tertiary/aromatic N) is 2. The number of hydrazone groups is 1. The van der Waals surface area contributed by atoms with Gasteiger partial charge in [0.25, 0.3) is 4.99 Å². The summed E-state index contributed by atoms with van der Waals surface area (Å²) in [4.78, 5) is 11.0. The fourth-order valence-corrected chi connectivity index (χ4v) is 1.53. The monoisotopic (exact) mass is 223 g/mol. The van der Waals surface area contributed by atoms with Crippen LogP contribution in [0.4, 0.5) is 5.69 Å². The maximum atomic E-state index is 11.0. The van der Waals surface area contributed by atoms with Gasteiger partial charge in [0.1, 0.15) is 6.34 Å². The Morgan fingerprint density at radius 3 is 2.73 bits per heavy atom. The first-order valence-electron chi connectivity index (χ1n) is 4.25. The molecule has 1 aliphatic rings. The van der Waals surface area contributed by atoms with Gasteiger partial charge in [-0.2, -0.15) is 5.10 Å². The minimum atomic E-state index is -1.51. The van der Waals surface area contributed by atoms with Crippen molar-refractivity contribution in [3.63, 3.8) is 0 Å². The maximum absolute atomic E-state index is 11.0. The Morgan fingerprint density at radius 2 is 2.13 bits per heavy atom. The molecule has 1 unspecified atom stereocenters. The van der Waals surface area contributed by atoms with Gasteiger partial charge in [0.2, 0.25) is 0 Å². The van der Waals surface area contributed by atoms with E-state index in [9.17, 15) is 4.79 Å². The summed E-state index contributed by atoms with van der Waals surface area (Å²) in [6.07, 6.45) is 1.40. The molecule has 78 valence electrons. The van der Waals surface area contributed by atoms with E-state index in [1.54, 1.807) is 12.1 Å². The largest absolute Gasteiger partial charge is 0.477 e. The van der Waals surface area contributed by atoms with Crippen LogP contribution in [0.2, 0.25) is 0 Å². The number of carboxylic acids is 1. The number of hydrogen-bond acceptors (Lipinski definition) is 5. The molecule has 0 aliphatic carbocycles. The predicted molar refractivity (Wildman–Crippen MR) is 59.9 cm³/mol. The van der Waals surface area contributed by atoms with Crippen molar-refractivity contribution in [1.29, 1.82) is 0 Å². The molecule has 0 saturated heterocycles. The average Bonchev–Trinajstić information content (AvgIpc) is 2.63. The maximum Gasteiger partial charge on any atom is 0.363 e. The first-order chi connectivity index (χ1) is 7.14. The molecular weight excluding hydrogens is 214 g/mol. The molecule has 0 radical (unpaired) electrons. The normalized spacial score (nSPS) is 23.9. The number of carboxylic acid groups (broad SMARTS) is 1. The van der Waals surface area contributed by atoms with Crippen molar-refractivity contribution >= 4 is 30.6 Å². The number of aliphatic carboxylic acids is 1. The number of carbonyl (C=O) groups is 1. The Balaban J connectivity index is 2.37. The summed E-state index contributed by atoms with van der Waals surface area (Å²) in [5.74, 6) is -1.10. The van der Waals surface area contributed by atoms with Gasteiger partial charge < -0.3 is 5.11 Å². The number of anilines is 1. The second-order valence-electron chi connectivity index (χ2n) is 3.04. The molecule has 0 spiro atoms. The molecule has 0 amide bonds. The van der Waals surface area contributed by atoms with E-state index in [4.69, 9.17) is 5.11 Å². The molecule has 5 nitrogen and oxygen atoms in total. The highest BCUT2D eigenvalue weighted by atomic mass is 32.1. The molecule has 0 aromatic heterocycles. The van der Waals surface area contributed by atoms with Crippen LogP contribution in [0.3, 0.4) is 0 Å². The highest BCUT2D eigenvalue weighted by Crippen LogP contribution is 2.26. The Bertz CT molecular complexity index is 409. The summed E-state index contributed by atoms with van der Waals surface area (Å²) in [5, 5.41) is 12.8. The van der Waals surface area contributed by atoms with Gasteiger partial charge in [-0.25, -0.2) is 4.79 Å². The molecule has 1 heterocycles. The second-order valence-corrected chi connectivity index (χ2v) is 3.69. The van der Waals surface area contributed by atoms with E-state index < -0.39 is 11.0 Å². The lowest BCUT2D eigenvalue weighted by molar-refractivity contribution is -0.140. The fourth-order valence-electron chi connectivity index (χ4n) is 1.31. The van der Waals surface area contributed by atoms with Crippen LogP contribution in [0.15, 0.2) is 35.4 Å². The lowest BCUT2D eigenvalue weighted by atomic mass is 10.3. The first-order valence-corrected chi connectivity index (χ1v) is 4.70. The lowest BCUT2D eigenvalue weighted by Crippen LogP contribution is -2.54. The molecule has 0 saturated carbocycles. The van der Waals surface area contributed by atoms with Crippen molar-refractivity contribution in [2.75, 3.05) is 4.90 Å². The zero-order valence-electron chi connectivity index (χ0n) is 7.66. The number of thiol groups is 1. The van der Waals surface area contributed by atoms with E-state index in [0.717, 1.165) is 0 Å². The Labute approximate surface area is 91.8 Å². The van der Waals surface area contributed by atoms with Gasteiger partial charge in [-0.3, -0.25) is 10.3 Å². The highest BCUT2D eigenvalue weighted by molar-refractivity contribution is 7.82. The third kappa shape index (κ3) is 1.52. The zero-order chi connectivity index (χ0) is 10.9. The van der Waals surface area contributed by atoms with Gasteiger partial charge in [0.05, 0.1) is 0 Å². The van der Waals surface area contributed by atoms with E-state index in [1.807, 2.05) is 18.2 Å². The Kier molecular flexibility index (Phi) is 2.28. The van der Waals surface area contributed by atoms with Crippen LogP contribution < -0.4 is 10.3 Å². The quantitative estimate of drug-likeness (QED) is 0.646.